The molecule has 0 heterocycles. The van der Waals surface area contributed by atoms with E-state index in [0.29, 0.717) is 5.75 Å². The predicted octanol–water partition coefficient (Wildman–Crippen LogP) is 4.61. The summed E-state index contributed by atoms with van der Waals surface area (Å²) >= 11 is 0. The van der Waals surface area contributed by atoms with Crippen LogP contribution in [0, 0.1) is 17.1 Å². The fourth-order valence-electron chi connectivity index (χ4n) is 2.21. The van der Waals surface area contributed by atoms with Crippen LogP contribution in [0.2, 0.25) is 0 Å². The molecule has 0 aromatic heterocycles. The quantitative estimate of drug-likeness (QED) is 0.524. The number of carbonyl (C=O) groups excluding carboxylic acids is 1. The Labute approximate surface area is 131 Å². The second-order valence-electron chi connectivity index (χ2n) is 4.73. The topological polar surface area (TPSA) is 62.5 Å². The van der Waals surface area contributed by atoms with Crippen LogP contribution in [0.5, 0.6) is 11.5 Å². The molecule has 5 heteroatoms. The van der Waals surface area contributed by atoms with Gasteiger partial charge in [-0.1, -0.05) is 30.3 Å². The van der Waals surface area contributed by atoms with Gasteiger partial charge in [0, 0.05) is 6.07 Å². The van der Waals surface area contributed by atoms with E-state index in [4.69, 9.17) is 10.00 Å². The summed E-state index contributed by atoms with van der Waals surface area (Å²) in [6, 6.07) is 17.2. The molecule has 0 aliphatic rings. The maximum Gasteiger partial charge on any atom is 0.240 e. The van der Waals surface area contributed by atoms with Crippen molar-refractivity contribution in [2.24, 2.45) is 4.99 Å². The summed E-state index contributed by atoms with van der Waals surface area (Å²) in [6.45, 7) is 0. The van der Waals surface area contributed by atoms with Gasteiger partial charge in [0.15, 0.2) is 5.82 Å². The average molecular weight is 304 g/mol. The van der Waals surface area contributed by atoms with Gasteiger partial charge in [0.2, 0.25) is 6.08 Å². The van der Waals surface area contributed by atoms with Crippen molar-refractivity contribution in [1.29, 1.82) is 5.26 Å². The Morgan fingerprint density at radius 1 is 1.04 bits per heavy atom. The van der Waals surface area contributed by atoms with Crippen LogP contribution in [-0.2, 0) is 4.79 Å². The monoisotopic (exact) mass is 304 g/mol. The first-order chi connectivity index (χ1) is 11.2. The summed E-state index contributed by atoms with van der Waals surface area (Å²) in [5.41, 5.74) is -0.213. The normalized spacial score (nSPS) is 9.91. The summed E-state index contributed by atoms with van der Waals surface area (Å²) in [7, 11) is 0. The Balaban J connectivity index is 2.05. The smallest absolute Gasteiger partial charge is 0.240 e. The van der Waals surface area contributed by atoms with Crippen molar-refractivity contribution in [3.8, 4) is 17.6 Å². The van der Waals surface area contributed by atoms with Gasteiger partial charge in [-0.15, -0.1) is 0 Å². The van der Waals surface area contributed by atoms with Gasteiger partial charge in [-0.05, 0) is 29.0 Å². The van der Waals surface area contributed by atoms with E-state index in [1.54, 1.807) is 6.07 Å². The summed E-state index contributed by atoms with van der Waals surface area (Å²) in [4.78, 5) is 13.6. The SMILES string of the molecule is N#Cc1cc(F)c(N=C=O)cc1Oc1ccc2ccccc2c1. The first kappa shape index (κ1) is 14.5. The number of fused-ring (bicyclic) bond motifs is 1. The first-order valence-corrected chi connectivity index (χ1v) is 6.69. The molecule has 0 spiro atoms. The van der Waals surface area contributed by atoms with Crippen molar-refractivity contribution in [3.05, 3.63) is 66.0 Å². The zero-order valence-corrected chi connectivity index (χ0v) is 11.8. The average Bonchev–Trinajstić information content (AvgIpc) is 2.57. The molecule has 4 nitrogen and oxygen atoms in total. The molecule has 23 heavy (non-hydrogen) atoms. The summed E-state index contributed by atoms with van der Waals surface area (Å²) < 4.78 is 19.3. The van der Waals surface area contributed by atoms with E-state index in [2.05, 4.69) is 4.99 Å². The highest BCUT2D eigenvalue weighted by atomic mass is 19.1. The molecule has 0 aliphatic heterocycles. The van der Waals surface area contributed by atoms with Crippen LogP contribution in [-0.4, -0.2) is 6.08 Å². The highest BCUT2D eigenvalue weighted by Gasteiger charge is 2.12. The van der Waals surface area contributed by atoms with Gasteiger partial charge in [0.05, 0.1) is 5.56 Å². The molecule has 0 fully saturated rings. The molecule has 0 aliphatic carbocycles. The Bertz CT molecular complexity index is 986. The molecule has 0 radical (unpaired) electrons. The van der Waals surface area contributed by atoms with Crippen molar-refractivity contribution in [1.82, 2.24) is 0 Å². The minimum atomic E-state index is -0.782. The standard InChI is InChI=1S/C18H9FN2O2/c19-16-8-14(10-20)18(9-17(16)21-11-22)23-15-6-5-12-3-1-2-4-13(12)7-15/h1-9H. The molecule has 0 bridgehead atoms. The minimum Gasteiger partial charge on any atom is -0.456 e. The van der Waals surface area contributed by atoms with Crippen LogP contribution in [0.4, 0.5) is 10.1 Å². The number of hydrogen-bond donors (Lipinski definition) is 0. The highest BCUT2D eigenvalue weighted by molar-refractivity contribution is 5.83. The molecule has 0 amide bonds. The number of rotatable bonds is 3. The Kier molecular flexibility index (Phi) is 3.84. The number of hydrogen-bond acceptors (Lipinski definition) is 4. The van der Waals surface area contributed by atoms with Crippen molar-refractivity contribution in [3.63, 3.8) is 0 Å². The van der Waals surface area contributed by atoms with Crippen molar-refractivity contribution < 1.29 is 13.9 Å². The minimum absolute atomic E-state index is 0.0144. The lowest BCUT2D eigenvalue weighted by Crippen LogP contribution is -1.90. The number of ether oxygens (including phenoxy) is 1. The third-order valence-corrected chi connectivity index (χ3v) is 3.28. The molecule has 0 saturated heterocycles. The molecule has 3 aromatic rings. The Hall–Kier alpha value is -3.48. The first-order valence-electron chi connectivity index (χ1n) is 6.69. The van der Waals surface area contributed by atoms with Crippen molar-refractivity contribution in [2.75, 3.05) is 0 Å². The molecule has 110 valence electrons. The molecule has 3 rings (SSSR count). The van der Waals surface area contributed by atoms with E-state index in [0.717, 1.165) is 16.8 Å². The molecule has 0 unspecified atom stereocenters. The maximum atomic E-state index is 13.7. The lowest BCUT2D eigenvalue weighted by Gasteiger charge is -2.09. The van der Waals surface area contributed by atoms with Crippen molar-refractivity contribution >= 4 is 22.5 Å². The van der Waals surface area contributed by atoms with Crippen LogP contribution >= 0.6 is 0 Å². The number of isocyanates is 1. The highest BCUT2D eigenvalue weighted by Crippen LogP contribution is 2.32. The summed E-state index contributed by atoms with van der Waals surface area (Å²) in [5.74, 6) is -0.165. The number of halogens is 1. The molecular weight excluding hydrogens is 295 g/mol. The third kappa shape index (κ3) is 2.93. The van der Waals surface area contributed by atoms with Gasteiger partial charge in [-0.25, -0.2) is 9.18 Å². The lowest BCUT2D eigenvalue weighted by atomic mass is 10.1. The van der Waals surface area contributed by atoms with E-state index in [-0.39, 0.29) is 17.0 Å². The zero-order chi connectivity index (χ0) is 16.2. The van der Waals surface area contributed by atoms with E-state index in [1.807, 2.05) is 42.5 Å². The number of nitrogens with zero attached hydrogens (tertiary/aromatic N) is 2. The molecule has 0 saturated carbocycles. The van der Waals surface area contributed by atoms with Crippen molar-refractivity contribution in [2.45, 2.75) is 0 Å². The fourth-order valence-corrected chi connectivity index (χ4v) is 2.21. The van der Waals surface area contributed by atoms with Crippen LogP contribution < -0.4 is 4.74 Å². The number of benzene rings is 3. The maximum absolute atomic E-state index is 13.7. The Morgan fingerprint density at radius 2 is 1.83 bits per heavy atom. The van der Waals surface area contributed by atoms with Gasteiger partial charge in [0.1, 0.15) is 23.3 Å². The molecule has 0 atom stereocenters. The predicted molar refractivity (Wildman–Crippen MR) is 82.9 cm³/mol. The van der Waals surface area contributed by atoms with Crippen LogP contribution in [0.1, 0.15) is 5.56 Å². The van der Waals surface area contributed by atoms with E-state index in [1.165, 1.54) is 12.1 Å². The van der Waals surface area contributed by atoms with Gasteiger partial charge < -0.3 is 4.74 Å². The fraction of sp³-hybridized carbons (Fsp3) is 0. The van der Waals surface area contributed by atoms with E-state index >= 15 is 0 Å². The second-order valence-corrected chi connectivity index (χ2v) is 4.73. The van der Waals surface area contributed by atoms with Gasteiger partial charge >= 0.3 is 0 Å². The Morgan fingerprint density at radius 3 is 2.57 bits per heavy atom. The van der Waals surface area contributed by atoms with Crippen LogP contribution in [0.25, 0.3) is 10.8 Å². The summed E-state index contributed by atoms with van der Waals surface area (Å²) in [6.07, 6.45) is 1.27. The summed E-state index contributed by atoms with van der Waals surface area (Å²) in [5, 5.41) is 11.1. The molecule has 3 aromatic carbocycles. The third-order valence-electron chi connectivity index (χ3n) is 3.28. The number of aliphatic imine (C=N–C) groups is 1. The van der Waals surface area contributed by atoms with Crippen LogP contribution in [0.3, 0.4) is 0 Å². The second kappa shape index (κ2) is 6.10. The molecular formula is C18H9FN2O2. The lowest BCUT2D eigenvalue weighted by molar-refractivity contribution is 0.480. The largest absolute Gasteiger partial charge is 0.456 e. The zero-order valence-electron chi connectivity index (χ0n) is 11.8. The van der Waals surface area contributed by atoms with Gasteiger partial charge in [-0.2, -0.15) is 10.3 Å². The van der Waals surface area contributed by atoms with E-state index in [9.17, 15) is 9.18 Å². The van der Waals surface area contributed by atoms with E-state index < -0.39 is 5.82 Å². The van der Waals surface area contributed by atoms with Gasteiger partial charge in [-0.3, -0.25) is 0 Å². The number of nitriles is 1. The molecule has 0 N–H and O–H groups in total. The van der Waals surface area contributed by atoms with Crippen LogP contribution in [0.15, 0.2) is 59.6 Å². The van der Waals surface area contributed by atoms with Gasteiger partial charge in [0.25, 0.3) is 0 Å².